The number of nitrogens with zero attached hydrogens (tertiary/aromatic N) is 3. The predicted molar refractivity (Wildman–Crippen MR) is 108 cm³/mol. The van der Waals surface area contributed by atoms with Crippen molar-refractivity contribution < 1.29 is 9.53 Å². The number of ether oxygens (including phenoxy) is 1. The molecule has 0 atom stereocenters. The number of hydrogen-bond acceptors (Lipinski definition) is 4. The molecule has 2 fully saturated rings. The van der Waals surface area contributed by atoms with Crippen LogP contribution in [0.25, 0.3) is 0 Å². The minimum atomic E-state index is 0.299. The third-order valence-electron chi connectivity index (χ3n) is 5.42. The Morgan fingerprint density at radius 3 is 2.67 bits per heavy atom. The molecular weight excluding hydrogens is 342 g/mol. The molecule has 0 aromatic heterocycles. The first kappa shape index (κ1) is 19.6. The summed E-state index contributed by atoms with van der Waals surface area (Å²) < 4.78 is 5.21. The fourth-order valence-corrected chi connectivity index (χ4v) is 3.52. The average molecular weight is 374 g/mol. The maximum absolute atomic E-state index is 12.3. The number of piperazine rings is 1. The molecule has 1 aliphatic heterocycles. The molecule has 0 spiro atoms. The highest BCUT2D eigenvalue weighted by Gasteiger charge is 2.30. The highest BCUT2D eigenvalue weighted by Crippen LogP contribution is 2.28. The summed E-state index contributed by atoms with van der Waals surface area (Å²) in [4.78, 5) is 21.1. The van der Waals surface area contributed by atoms with Gasteiger partial charge in [-0.15, -0.1) is 0 Å². The lowest BCUT2D eigenvalue weighted by Crippen LogP contribution is -2.51. The van der Waals surface area contributed by atoms with E-state index in [0.29, 0.717) is 30.9 Å². The van der Waals surface area contributed by atoms with Crippen LogP contribution in [0.2, 0.25) is 0 Å². The summed E-state index contributed by atoms with van der Waals surface area (Å²) in [7, 11) is 1.67. The highest BCUT2D eigenvalue weighted by atomic mass is 16.5. The summed E-state index contributed by atoms with van der Waals surface area (Å²) in [5, 5.41) is 3.16. The van der Waals surface area contributed by atoms with Crippen LogP contribution < -0.4 is 11.1 Å². The summed E-state index contributed by atoms with van der Waals surface area (Å²) in [6.07, 6.45) is 3.36. The molecule has 7 nitrogen and oxygen atoms in total. The molecule has 0 bridgehead atoms. The van der Waals surface area contributed by atoms with E-state index < -0.39 is 0 Å². The van der Waals surface area contributed by atoms with Gasteiger partial charge in [-0.2, -0.15) is 0 Å². The van der Waals surface area contributed by atoms with E-state index in [1.807, 2.05) is 29.2 Å². The van der Waals surface area contributed by atoms with Crippen molar-refractivity contribution in [2.45, 2.75) is 25.9 Å². The molecule has 1 saturated carbocycles. The largest absolute Gasteiger partial charge is 0.380 e. The average Bonchev–Trinajstić information content (AvgIpc) is 2.63. The van der Waals surface area contributed by atoms with Gasteiger partial charge in [0, 0.05) is 57.0 Å². The molecule has 1 amide bonds. The van der Waals surface area contributed by atoms with E-state index in [9.17, 15) is 4.79 Å². The van der Waals surface area contributed by atoms with Crippen molar-refractivity contribution in [2.75, 3.05) is 51.7 Å². The fraction of sp³-hybridized carbons (Fsp3) is 0.600. The molecule has 1 saturated heterocycles. The number of rotatable bonds is 7. The second-order valence-corrected chi connectivity index (χ2v) is 7.28. The second-order valence-electron chi connectivity index (χ2n) is 7.28. The Labute approximate surface area is 161 Å². The van der Waals surface area contributed by atoms with E-state index in [-0.39, 0.29) is 0 Å². The topological polar surface area (TPSA) is 83.2 Å². The van der Waals surface area contributed by atoms with Gasteiger partial charge >= 0.3 is 0 Å². The van der Waals surface area contributed by atoms with E-state index in [0.717, 1.165) is 56.8 Å². The Hall–Kier alpha value is -2.12. The number of carbonyl (C=O) groups is 1. The number of amides is 1. The summed E-state index contributed by atoms with van der Waals surface area (Å²) >= 11 is 0. The first-order valence-corrected chi connectivity index (χ1v) is 9.82. The molecule has 148 valence electrons. The number of nitrogens with one attached hydrogen (secondary N) is 1. The number of anilines is 1. The van der Waals surface area contributed by atoms with Gasteiger partial charge in [-0.3, -0.25) is 14.7 Å². The van der Waals surface area contributed by atoms with Gasteiger partial charge in [0.1, 0.15) is 0 Å². The van der Waals surface area contributed by atoms with Crippen molar-refractivity contribution in [3.05, 3.63) is 29.8 Å². The van der Waals surface area contributed by atoms with Gasteiger partial charge in [-0.1, -0.05) is 24.6 Å². The monoisotopic (exact) mass is 373 g/mol. The number of guanidine groups is 1. The quantitative estimate of drug-likeness (QED) is 0.559. The van der Waals surface area contributed by atoms with Crippen LogP contribution in [0, 0.1) is 5.92 Å². The maximum Gasteiger partial charge on any atom is 0.225 e. The van der Waals surface area contributed by atoms with Gasteiger partial charge in [0.15, 0.2) is 5.96 Å². The first-order chi connectivity index (χ1) is 13.2. The van der Waals surface area contributed by atoms with Crippen molar-refractivity contribution in [3.63, 3.8) is 0 Å². The molecule has 1 aromatic carbocycles. The van der Waals surface area contributed by atoms with Crippen molar-refractivity contribution in [1.29, 1.82) is 0 Å². The van der Waals surface area contributed by atoms with Crippen LogP contribution in [0.1, 0.15) is 24.8 Å². The Kier molecular flexibility index (Phi) is 7.06. The van der Waals surface area contributed by atoms with Crippen molar-refractivity contribution in [2.24, 2.45) is 16.6 Å². The zero-order valence-electron chi connectivity index (χ0n) is 16.2. The Balaban J connectivity index is 1.40. The number of methoxy groups -OCH3 is 1. The number of para-hydroxylation sites is 1. The number of benzene rings is 1. The number of nitrogens with two attached hydrogens (primary N) is 1. The van der Waals surface area contributed by atoms with Gasteiger partial charge in [-0.25, -0.2) is 0 Å². The van der Waals surface area contributed by atoms with Gasteiger partial charge < -0.3 is 20.7 Å². The zero-order valence-corrected chi connectivity index (χ0v) is 16.2. The third kappa shape index (κ3) is 5.43. The van der Waals surface area contributed by atoms with Crippen LogP contribution >= 0.6 is 0 Å². The van der Waals surface area contributed by atoms with Crippen LogP contribution in [-0.2, 0) is 16.1 Å². The fourth-order valence-electron chi connectivity index (χ4n) is 3.52. The molecule has 3 rings (SSSR count). The smallest absolute Gasteiger partial charge is 0.225 e. The lowest BCUT2D eigenvalue weighted by molar-refractivity contribution is -0.139. The molecule has 27 heavy (non-hydrogen) atoms. The second kappa shape index (κ2) is 9.71. The van der Waals surface area contributed by atoms with Crippen LogP contribution in [0.3, 0.4) is 0 Å². The molecule has 7 heteroatoms. The van der Waals surface area contributed by atoms with E-state index in [1.165, 1.54) is 6.42 Å². The van der Waals surface area contributed by atoms with Gasteiger partial charge in [0.05, 0.1) is 13.2 Å². The van der Waals surface area contributed by atoms with Crippen molar-refractivity contribution >= 4 is 17.6 Å². The van der Waals surface area contributed by atoms with Crippen LogP contribution in [0.15, 0.2) is 29.3 Å². The number of carbonyl (C=O) groups excluding carboxylic acids is 1. The normalized spacial score (nSPS) is 19.0. The molecule has 3 N–H and O–H groups in total. The number of aliphatic imine (C=N–C) groups is 1. The van der Waals surface area contributed by atoms with E-state index >= 15 is 0 Å². The van der Waals surface area contributed by atoms with Gasteiger partial charge in [0.25, 0.3) is 0 Å². The maximum atomic E-state index is 12.3. The van der Waals surface area contributed by atoms with E-state index in [1.54, 1.807) is 7.11 Å². The SMILES string of the molecule is COCc1ccccc1NC(N)=NCCN1CCN(C(=O)C2CCC2)CC1. The molecule has 1 aromatic rings. The molecule has 2 aliphatic rings. The van der Waals surface area contributed by atoms with Crippen LogP contribution in [0.5, 0.6) is 0 Å². The predicted octanol–water partition coefficient (Wildman–Crippen LogP) is 1.50. The zero-order chi connectivity index (χ0) is 19.1. The summed E-state index contributed by atoms with van der Waals surface area (Å²) in [6.45, 7) is 5.51. The van der Waals surface area contributed by atoms with Crippen molar-refractivity contribution in [3.8, 4) is 0 Å². The lowest BCUT2D eigenvalue weighted by atomic mass is 9.84. The third-order valence-corrected chi connectivity index (χ3v) is 5.42. The van der Waals surface area contributed by atoms with Crippen LogP contribution in [-0.4, -0.2) is 68.0 Å². The van der Waals surface area contributed by atoms with Gasteiger partial charge in [-0.05, 0) is 18.9 Å². The molecule has 0 unspecified atom stereocenters. The summed E-state index contributed by atoms with van der Waals surface area (Å²) in [5.41, 5.74) is 8.00. The Morgan fingerprint density at radius 2 is 2.00 bits per heavy atom. The number of hydrogen-bond donors (Lipinski definition) is 2. The highest BCUT2D eigenvalue weighted by molar-refractivity contribution is 5.92. The first-order valence-electron chi connectivity index (χ1n) is 9.82. The molecule has 0 radical (unpaired) electrons. The summed E-state index contributed by atoms with van der Waals surface area (Å²) in [6, 6.07) is 7.90. The lowest BCUT2D eigenvalue weighted by Gasteiger charge is -2.38. The van der Waals surface area contributed by atoms with E-state index in [4.69, 9.17) is 10.5 Å². The minimum absolute atomic E-state index is 0.299. The minimum Gasteiger partial charge on any atom is -0.380 e. The van der Waals surface area contributed by atoms with E-state index in [2.05, 4.69) is 15.2 Å². The van der Waals surface area contributed by atoms with Crippen LogP contribution in [0.4, 0.5) is 5.69 Å². The molecule has 1 heterocycles. The standard InChI is InChI=1S/C20H31N5O2/c1-27-15-17-5-2-3-8-18(17)23-20(21)22-9-10-24-11-13-25(14-12-24)19(26)16-6-4-7-16/h2-3,5,8,16H,4,6-7,9-15H2,1H3,(H3,21,22,23). The Bertz CT molecular complexity index is 652. The Morgan fingerprint density at radius 1 is 1.26 bits per heavy atom. The summed E-state index contributed by atoms with van der Waals surface area (Å²) in [5.74, 6) is 1.08. The van der Waals surface area contributed by atoms with Crippen molar-refractivity contribution in [1.82, 2.24) is 9.80 Å². The molecular formula is C20H31N5O2. The molecule has 1 aliphatic carbocycles. The van der Waals surface area contributed by atoms with Gasteiger partial charge in [0.2, 0.25) is 5.91 Å².